The maximum Gasteiger partial charge on any atom is 0.237 e. The molecule has 1 N–H and O–H groups in total. The fourth-order valence-corrected chi connectivity index (χ4v) is 3.42. The first-order valence-electron chi connectivity index (χ1n) is 5.85. The summed E-state index contributed by atoms with van der Waals surface area (Å²) in [4.78, 5) is 12.0. The van der Waals surface area contributed by atoms with Crippen molar-refractivity contribution in [2.24, 2.45) is 0 Å². The Hall–Kier alpha value is -0.480. The van der Waals surface area contributed by atoms with E-state index in [1.54, 1.807) is 11.8 Å². The standard InChI is InChI=1S/C13H16BrNOS/c1-9-5-6-10(8-11(9)14)15-13(16)12-4-2-3-7-17-12/h5-6,8,12H,2-4,7H2,1H3,(H,15,16). The van der Waals surface area contributed by atoms with E-state index in [1.807, 2.05) is 25.1 Å². The smallest absolute Gasteiger partial charge is 0.237 e. The molecule has 17 heavy (non-hydrogen) atoms. The zero-order valence-corrected chi connectivity index (χ0v) is 12.2. The minimum absolute atomic E-state index is 0.129. The van der Waals surface area contributed by atoms with Crippen LogP contribution in [0.4, 0.5) is 5.69 Å². The van der Waals surface area contributed by atoms with Crippen LogP contribution in [-0.4, -0.2) is 16.9 Å². The SMILES string of the molecule is Cc1ccc(NC(=O)C2CCCCS2)cc1Br. The summed E-state index contributed by atoms with van der Waals surface area (Å²) < 4.78 is 1.03. The molecule has 1 atom stereocenters. The van der Waals surface area contributed by atoms with Crippen LogP contribution in [-0.2, 0) is 4.79 Å². The fourth-order valence-electron chi connectivity index (χ4n) is 1.84. The molecule has 0 spiro atoms. The van der Waals surface area contributed by atoms with E-state index in [9.17, 15) is 4.79 Å². The van der Waals surface area contributed by atoms with Crippen molar-refractivity contribution < 1.29 is 4.79 Å². The monoisotopic (exact) mass is 313 g/mol. The average molecular weight is 314 g/mol. The van der Waals surface area contributed by atoms with Gasteiger partial charge in [-0.2, -0.15) is 0 Å². The van der Waals surface area contributed by atoms with E-state index in [-0.39, 0.29) is 11.2 Å². The molecule has 1 fully saturated rings. The Balaban J connectivity index is 1.99. The minimum atomic E-state index is 0.129. The molecule has 0 radical (unpaired) electrons. The second kappa shape index (κ2) is 5.91. The Morgan fingerprint density at radius 2 is 2.29 bits per heavy atom. The van der Waals surface area contributed by atoms with Gasteiger partial charge in [-0.1, -0.05) is 28.4 Å². The maximum absolute atomic E-state index is 12.0. The number of carbonyl (C=O) groups is 1. The summed E-state index contributed by atoms with van der Waals surface area (Å²) in [7, 11) is 0. The number of amides is 1. The van der Waals surface area contributed by atoms with Crippen molar-refractivity contribution in [2.75, 3.05) is 11.1 Å². The predicted octanol–water partition coefficient (Wildman–Crippen LogP) is 3.98. The highest BCUT2D eigenvalue weighted by Gasteiger charge is 2.21. The second-order valence-electron chi connectivity index (χ2n) is 4.31. The molecule has 4 heteroatoms. The molecule has 2 rings (SSSR count). The lowest BCUT2D eigenvalue weighted by atomic mass is 10.1. The third-order valence-electron chi connectivity index (χ3n) is 2.91. The Bertz CT molecular complexity index is 416. The van der Waals surface area contributed by atoms with Crippen LogP contribution >= 0.6 is 27.7 Å². The number of nitrogens with one attached hydrogen (secondary N) is 1. The number of hydrogen-bond acceptors (Lipinski definition) is 2. The van der Waals surface area contributed by atoms with Crippen LogP contribution in [0.25, 0.3) is 0 Å². The van der Waals surface area contributed by atoms with Crippen LogP contribution in [0.2, 0.25) is 0 Å². The van der Waals surface area contributed by atoms with Crippen molar-refractivity contribution in [1.82, 2.24) is 0 Å². The molecular weight excluding hydrogens is 298 g/mol. The fraction of sp³-hybridized carbons (Fsp3) is 0.462. The first-order valence-corrected chi connectivity index (χ1v) is 7.69. The first-order chi connectivity index (χ1) is 8.16. The highest BCUT2D eigenvalue weighted by Crippen LogP contribution is 2.27. The minimum Gasteiger partial charge on any atom is -0.325 e. The number of thioether (sulfide) groups is 1. The maximum atomic E-state index is 12.0. The second-order valence-corrected chi connectivity index (χ2v) is 6.47. The van der Waals surface area contributed by atoms with Crippen molar-refractivity contribution in [3.8, 4) is 0 Å². The summed E-state index contributed by atoms with van der Waals surface area (Å²) in [6, 6.07) is 5.92. The van der Waals surface area contributed by atoms with E-state index in [4.69, 9.17) is 0 Å². The van der Waals surface area contributed by atoms with E-state index in [0.29, 0.717) is 0 Å². The lowest BCUT2D eigenvalue weighted by Crippen LogP contribution is -2.27. The summed E-state index contributed by atoms with van der Waals surface area (Å²) in [5.41, 5.74) is 2.05. The summed E-state index contributed by atoms with van der Waals surface area (Å²) in [5, 5.41) is 3.12. The number of carbonyl (C=O) groups excluding carboxylic acids is 1. The molecule has 1 aromatic carbocycles. The quantitative estimate of drug-likeness (QED) is 0.894. The van der Waals surface area contributed by atoms with Gasteiger partial charge in [0.05, 0.1) is 5.25 Å². The number of halogens is 1. The highest BCUT2D eigenvalue weighted by molar-refractivity contribution is 9.10. The molecule has 2 nitrogen and oxygen atoms in total. The van der Waals surface area contributed by atoms with E-state index in [0.717, 1.165) is 22.3 Å². The van der Waals surface area contributed by atoms with Crippen molar-refractivity contribution >= 4 is 39.3 Å². The molecule has 1 unspecified atom stereocenters. The number of benzene rings is 1. The topological polar surface area (TPSA) is 29.1 Å². The van der Waals surface area contributed by atoms with Gasteiger partial charge in [-0.05, 0) is 43.2 Å². The van der Waals surface area contributed by atoms with Gasteiger partial charge in [0, 0.05) is 10.2 Å². The van der Waals surface area contributed by atoms with Gasteiger partial charge in [0.15, 0.2) is 0 Å². The zero-order chi connectivity index (χ0) is 12.3. The number of anilines is 1. The molecule has 0 aliphatic carbocycles. The van der Waals surface area contributed by atoms with Gasteiger partial charge in [-0.15, -0.1) is 11.8 Å². The van der Waals surface area contributed by atoms with Gasteiger partial charge in [0.1, 0.15) is 0 Å². The first kappa shape index (κ1) is 13.0. The molecule has 1 heterocycles. The normalized spacial score (nSPS) is 20.0. The van der Waals surface area contributed by atoms with E-state index in [1.165, 1.54) is 18.4 Å². The summed E-state index contributed by atoms with van der Waals surface area (Å²) in [6.45, 7) is 2.03. The van der Waals surface area contributed by atoms with Crippen LogP contribution < -0.4 is 5.32 Å². The third-order valence-corrected chi connectivity index (χ3v) is 5.14. The van der Waals surface area contributed by atoms with Crippen molar-refractivity contribution in [1.29, 1.82) is 0 Å². The number of rotatable bonds is 2. The van der Waals surface area contributed by atoms with Crippen LogP contribution in [0, 0.1) is 6.92 Å². The Kier molecular flexibility index (Phi) is 4.51. The van der Waals surface area contributed by atoms with Crippen LogP contribution in [0.15, 0.2) is 22.7 Å². The lowest BCUT2D eigenvalue weighted by molar-refractivity contribution is -0.115. The zero-order valence-electron chi connectivity index (χ0n) is 9.83. The molecular formula is C13H16BrNOS. The molecule has 1 amide bonds. The van der Waals surface area contributed by atoms with Gasteiger partial charge in [0.25, 0.3) is 0 Å². The van der Waals surface area contributed by atoms with E-state index in [2.05, 4.69) is 21.2 Å². The van der Waals surface area contributed by atoms with Gasteiger partial charge in [-0.3, -0.25) is 4.79 Å². The molecule has 0 aromatic heterocycles. The summed E-state index contributed by atoms with van der Waals surface area (Å²) in [5.74, 6) is 1.25. The molecule has 0 saturated carbocycles. The van der Waals surface area contributed by atoms with Gasteiger partial charge < -0.3 is 5.32 Å². The van der Waals surface area contributed by atoms with Crippen molar-refractivity contribution in [3.63, 3.8) is 0 Å². The molecule has 1 aliphatic rings. The molecule has 1 saturated heterocycles. The Labute approximate surface area is 115 Å². The van der Waals surface area contributed by atoms with E-state index < -0.39 is 0 Å². The number of aryl methyl sites for hydroxylation is 1. The molecule has 1 aliphatic heterocycles. The van der Waals surface area contributed by atoms with Crippen LogP contribution in [0.3, 0.4) is 0 Å². The largest absolute Gasteiger partial charge is 0.325 e. The summed E-state index contributed by atoms with van der Waals surface area (Å²) in [6.07, 6.45) is 3.41. The highest BCUT2D eigenvalue weighted by atomic mass is 79.9. The van der Waals surface area contributed by atoms with Crippen LogP contribution in [0.1, 0.15) is 24.8 Å². The summed E-state index contributed by atoms with van der Waals surface area (Å²) >= 11 is 5.25. The van der Waals surface area contributed by atoms with E-state index >= 15 is 0 Å². The number of hydrogen-bond donors (Lipinski definition) is 1. The van der Waals surface area contributed by atoms with Crippen molar-refractivity contribution in [2.45, 2.75) is 31.4 Å². The third kappa shape index (κ3) is 3.49. The predicted molar refractivity (Wildman–Crippen MR) is 77.6 cm³/mol. The average Bonchev–Trinajstić information content (AvgIpc) is 2.35. The molecule has 92 valence electrons. The molecule has 0 bridgehead atoms. The van der Waals surface area contributed by atoms with Gasteiger partial charge in [0.2, 0.25) is 5.91 Å². The lowest BCUT2D eigenvalue weighted by Gasteiger charge is -2.20. The van der Waals surface area contributed by atoms with Crippen LogP contribution in [0.5, 0.6) is 0 Å². The van der Waals surface area contributed by atoms with Crippen molar-refractivity contribution in [3.05, 3.63) is 28.2 Å². The molecule has 1 aromatic rings. The Morgan fingerprint density at radius 1 is 1.47 bits per heavy atom. The van der Waals surface area contributed by atoms with Gasteiger partial charge in [-0.25, -0.2) is 0 Å². The Morgan fingerprint density at radius 3 is 2.94 bits per heavy atom. The van der Waals surface area contributed by atoms with Gasteiger partial charge >= 0.3 is 0 Å².